The summed E-state index contributed by atoms with van der Waals surface area (Å²) in [5, 5.41) is 3.44. The van der Waals surface area contributed by atoms with Gasteiger partial charge in [0.25, 0.3) is 0 Å². The van der Waals surface area contributed by atoms with Gasteiger partial charge in [-0.25, -0.2) is 0 Å². The van der Waals surface area contributed by atoms with E-state index < -0.39 is 0 Å². The summed E-state index contributed by atoms with van der Waals surface area (Å²) in [5.74, 6) is 0.724. The van der Waals surface area contributed by atoms with Crippen LogP contribution in [0.3, 0.4) is 0 Å². The van der Waals surface area contributed by atoms with Gasteiger partial charge in [0.2, 0.25) is 0 Å². The number of hydrogen-bond donors (Lipinski definition) is 1. The van der Waals surface area contributed by atoms with Crippen molar-refractivity contribution in [3.63, 3.8) is 0 Å². The minimum Gasteiger partial charge on any atom is -0.316 e. The van der Waals surface area contributed by atoms with Crippen molar-refractivity contribution < 1.29 is 0 Å². The molecule has 3 heteroatoms. The van der Waals surface area contributed by atoms with Crippen LogP contribution >= 0.6 is 28.3 Å². The Morgan fingerprint density at radius 1 is 1.21 bits per heavy atom. The predicted octanol–water partition coefficient (Wildman–Crippen LogP) is 3.34. The highest BCUT2D eigenvalue weighted by Crippen LogP contribution is 2.24. The predicted molar refractivity (Wildman–Crippen MR) is 66.2 cm³/mol. The fourth-order valence-electron chi connectivity index (χ4n) is 1.87. The molecule has 1 atom stereocenters. The molecule has 1 fully saturated rings. The van der Waals surface area contributed by atoms with Crippen molar-refractivity contribution in [2.24, 2.45) is 0 Å². The second-order valence-electron chi connectivity index (χ2n) is 3.59. The molecule has 0 aromatic heterocycles. The molecule has 0 aliphatic carbocycles. The summed E-state index contributed by atoms with van der Waals surface area (Å²) in [6.45, 7) is 2.33. The molecule has 2 rings (SSSR count). The zero-order valence-corrected chi connectivity index (χ0v) is 10.4. The first-order valence-electron chi connectivity index (χ1n) is 4.82. The second kappa shape index (κ2) is 5.74. The largest absolute Gasteiger partial charge is 0.316 e. The molecule has 1 saturated heterocycles. The van der Waals surface area contributed by atoms with Gasteiger partial charge in [-0.1, -0.05) is 28.1 Å². The Bertz CT molecular complexity index is 267. The Labute approximate surface area is 99.8 Å². The monoisotopic (exact) mass is 275 g/mol. The van der Waals surface area contributed by atoms with Crippen LogP contribution in [0.4, 0.5) is 0 Å². The lowest BCUT2D eigenvalue weighted by atomic mass is 9.92. The summed E-state index contributed by atoms with van der Waals surface area (Å²) in [5.41, 5.74) is 1.47. The van der Waals surface area contributed by atoms with E-state index in [-0.39, 0.29) is 12.4 Å². The number of piperidine rings is 1. The van der Waals surface area contributed by atoms with E-state index in [2.05, 4.69) is 45.5 Å². The highest BCUT2D eigenvalue weighted by molar-refractivity contribution is 9.10. The lowest BCUT2D eigenvalue weighted by Gasteiger charge is -2.22. The Morgan fingerprint density at radius 2 is 1.93 bits per heavy atom. The summed E-state index contributed by atoms with van der Waals surface area (Å²) >= 11 is 3.45. The van der Waals surface area contributed by atoms with Crippen molar-refractivity contribution in [3.8, 4) is 0 Å². The van der Waals surface area contributed by atoms with E-state index in [1.54, 1.807) is 0 Å². The number of nitrogens with one attached hydrogen (secondary N) is 1. The lowest BCUT2D eigenvalue weighted by Crippen LogP contribution is -2.28. The molecule has 1 aromatic carbocycles. The molecule has 1 aromatic rings. The Balaban J connectivity index is 0.000000980. The molecular weight excluding hydrogens is 261 g/mol. The first-order valence-corrected chi connectivity index (χ1v) is 5.62. The van der Waals surface area contributed by atoms with Gasteiger partial charge in [0, 0.05) is 11.0 Å². The third-order valence-electron chi connectivity index (χ3n) is 2.64. The molecule has 0 spiro atoms. The van der Waals surface area contributed by atoms with Gasteiger partial charge >= 0.3 is 0 Å². The van der Waals surface area contributed by atoms with E-state index in [0.717, 1.165) is 12.5 Å². The fourth-order valence-corrected chi connectivity index (χ4v) is 2.14. The average Bonchev–Trinajstić information content (AvgIpc) is 2.20. The van der Waals surface area contributed by atoms with Crippen LogP contribution in [0.15, 0.2) is 28.7 Å². The number of rotatable bonds is 1. The molecule has 14 heavy (non-hydrogen) atoms. The molecule has 78 valence electrons. The van der Waals surface area contributed by atoms with Gasteiger partial charge in [-0.3, -0.25) is 0 Å². The van der Waals surface area contributed by atoms with E-state index in [1.807, 2.05) is 0 Å². The van der Waals surface area contributed by atoms with Crippen molar-refractivity contribution in [1.82, 2.24) is 5.32 Å². The summed E-state index contributed by atoms with van der Waals surface area (Å²) < 4.78 is 1.17. The van der Waals surface area contributed by atoms with Crippen molar-refractivity contribution in [2.45, 2.75) is 18.8 Å². The van der Waals surface area contributed by atoms with E-state index >= 15 is 0 Å². The molecule has 1 aliphatic heterocycles. The smallest absolute Gasteiger partial charge is 0.0175 e. The van der Waals surface area contributed by atoms with Gasteiger partial charge in [-0.15, -0.1) is 12.4 Å². The maximum absolute atomic E-state index is 3.45. The van der Waals surface area contributed by atoms with E-state index in [9.17, 15) is 0 Å². The van der Waals surface area contributed by atoms with Gasteiger partial charge in [-0.2, -0.15) is 0 Å². The molecule has 0 radical (unpaired) electrons. The van der Waals surface area contributed by atoms with Crippen molar-refractivity contribution in [1.29, 1.82) is 0 Å². The van der Waals surface area contributed by atoms with Crippen molar-refractivity contribution >= 4 is 28.3 Å². The van der Waals surface area contributed by atoms with Crippen LogP contribution < -0.4 is 5.32 Å². The summed E-state index contributed by atoms with van der Waals surface area (Å²) in [6.07, 6.45) is 2.63. The molecule has 0 unspecified atom stereocenters. The highest BCUT2D eigenvalue weighted by Gasteiger charge is 2.14. The third kappa shape index (κ3) is 2.97. The highest BCUT2D eigenvalue weighted by atomic mass is 79.9. The second-order valence-corrected chi connectivity index (χ2v) is 4.51. The average molecular weight is 277 g/mol. The number of hydrogen-bond acceptors (Lipinski definition) is 1. The normalized spacial score (nSPS) is 21.4. The van der Waals surface area contributed by atoms with Gasteiger partial charge in [0.05, 0.1) is 0 Å². The molecule has 0 amide bonds. The summed E-state index contributed by atoms with van der Waals surface area (Å²) in [4.78, 5) is 0. The SMILES string of the molecule is Brc1ccc([C@@H]2CCCNC2)cc1.Cl. The summed E-state index contributed by atoms with van der Waals surface area (Å²) in [6, 6.07) is 8.71. The molecule has 1 heterocycles. The van der Waals surface area contributed by atoms with Crippen molar-refractivity contribution in [2.75, 3.05) is 13.1 Å². The molecule has 0 saturated carbocycles. The van der Waals surface area contributed by atoms with Crippen molar-refractivity contribution in [3.05, 3.63) is 34.3 Å². The number of benzene rings is 1. The standard InChI is InChI=1S/C11H14BrN.ClH/c12-11-5-3-9(4-6-11)10-2-1-7-13-8-10;/h3-6,10,13H,1-2,7-8H2;1H/t10-;/m1./s1. The minimum atomic E-state index is 0. The Hall–Kier alpha value is -0.0500. The first kappa shape index (κ1) is 12.0. The van der Waals surface area contributed by atoms with Gasteiger partial charge in [0.15, 0.2) is 0 Å². The fraction of sp³-hybridized carbons (Fsp3) is 0.455. The van der Waals surface area contributed by atoms with Crippen LogP contribution in [0.25, 0.3) is 0 Å². The Kier molecular flexibility index (Phi) is 4.93. The van der Waals surface area contributed by atoms with Crippen LogP contribution in [0.5, 0.6) is 0 Å². The Morgan fingerprint density at radius 3 is 2.50 bits per heavy atom. The molecule has 1 aliphatic rings. The molecule has 0 bridgehead atoms. The van der Waals surface area contributed by atoms with Gasteiger partial charge < -0.3 is 5.32 Å². The van der Waals surface area contributed by atoms with Crippen LogP contribution in [-0.2, 0) is 0 Å². The maximum atomic E-state index is 3.45. The van der Waals surface area contributed by atoms with Crippen LogP contribution in [0, 0.1) is 0 Å². The lowest BCUT2D eigenvalue weighted by molar-refractivity contribution is 0.461. The molecular formula is C11H15BrClN. The maximum Gasteiger partial charge on any atom is 0.0175 e. The zero-order valence-electron chi connectivity index (χ0n) is 8.00. The van der Waals surface area contributed by atoms with Crippen LogP contribution in [0.1, 0.15) is 24.3 Å². The minimum absolute atomic E-state index is 0. The molecule has 1 N–H and O–H groups in total. The van der Waals surface area contributed by atoms with Crippen LogP contribution in [0.2, 0.25) is 0 Å². The summed E-state index contributed by atoms with van der Waals surface area (Å²) in [7, 11) is 0. The quantitative estimate of drug-likeness (QED) is 0.829. The van der Waals surface area contributed by atoms with E-state index in [1.165, 1.54) is 29.4 Å². The first-order chi connectivity index (χ1) is 6.36. The number of halogens is 2. The molecule has 1 nitrogen and oxygen atoms in total. The van der Waals surface area contributed by atoms with Gasteiger partial charge in [-0.05, 0) is 43.0 Å². The van der Waals surface area contributed by atoms with Gasteiger partial charge in [0.1, 0.15) is 0 Å². The van der Waals surface area contributed by atoms with E-state index in [4.69, 9.17) is 0 Å². The van der Waals surface area contributed by atoms with Crippen LogP contribution in [-0.4, -0.2) is 13.1 Å². The zero-order chi connectivity index (χ0) is 9.10. The third-order valence-corrected chi connectivity index (χ3v) is 3.17. The topological polar surface area (TPSA) is 12.0 Å². The van der Waals surface area contributed by atoms with E-state index in [0.29, 0.717) is 0 Å².